The van der Waals surface area contributed by atoms with Gasteiger partial charge in [-0.1, -0.05) is 13.8 Å². The Morgan fingerprint density at radius 2 is 2.36 bits per heavy atom. The Bertz CT molecular complexity index is 204. The lowest BCUT2D eigenvalue weighted by Gasteiger charge is -2.20. The van der Waals surface area contributed by atoms with Crippen molar-refractivity contribution in [3.8, 4) is 0 Å². The highest BCUT2D eigenvalue weighted by Crippen LogP contribution is 2.24. The summed E-state index contributed by atoms with van der Waals surface area (Å²) < 4.78 is 0.312. The number of hydrogen-bond donors (Lipinski definition) is 1. The molecule has 0 fully saturated rings. The van der Waals surface area contributed by atoms with Crippen molar-refractivity contribution in [1.29, 1.82) is 0 Å². The van der Waals surface area contributed by atoms with Gasteiger partial charge in [-0.15, -0.1) is 0 Å². The number of rotatable bonds is 3. The van der Waals surface area contributed by atoms with E-state index in [0.29, 0.717) is 4.75 Å². The highest BCUT2D eigenvalue weighted by Gasteiger charge is 2.16. The van der Waals surface area contributed by atoms with Crippen LogP contribution in [0.15, 0.2) is 12.5 Å². The second-order valence-corrected chi connectivity index (χ2v) is 4.73. The van der Waals surface area contributed by atoms with Crippen molar-refractivity contribution in [2.24, 2.45) is 0 Å². The van der Waals surface area contributed by atoms with Crippen LogP contribution in [-0.4, -0.2) is 21.0 Å². The van der Waals surface area contributed by atoms with E-state index in [0.717, 1.165) is 6.42 Å². The molecule has 0 unspecified atom stereocenters. The Labute approximate surface area is 71.8 Å². The molecule has 0 saturated carbocycles. The Kier molecular flexibility index (Phi) is 2.60. The van der Waals surface area contributed by atoms with Crippen LogP contribution in [0, 0.1) is 0 Å². The van der Waals surface area contributed by atoms with E-state index in [4.69, 9.17) is 0 Å². The van der Waals surface area contributed by atoms with Crippen molar-refractivity contribution in [3.63, 3.8) is 0 Å². The highest BCUT2D eigenvalue weighted by atomic mass is 32.2. The zero-order valence-corrected chi connectivity index (χ0v) is 8.03. The molecule has 1 aromatic rings. The molecule has 0 atom stereocenters. The van der Waals surface area contributed by atoms with E-state index < -0.39 is 0 Å². The molecule has 0 radical (unpaired) electrons. The van der Waals surface area contributed by atoms with Crippen LogP contribution in [0.3, 0.4) is 0 Å². The molecule has 0 saturated heterocycles. The number of nitrogens with one attached hydrogen (secondary N) is 1. The van der Waals surface area contributed by atoms with Gasteiger partial charge < -0.3 is 4.98 Å². The van der Waals surface area contributed by atoms with E-state index in [2.05, 4.69) is 30.1 Å². The van der Waals surface area contributed by atoms with E-state index in [1.165, 1.54) is 5.69 Å². The molecule has 0 spiro atoms. The van der Waals surface area contributed by atoms with Gasteiger partial charge in [0.1, 0.15) is 0 Å². The first kappa shape index (κ1) is 8.65. The zero-order valence-electron chi connectivity index (χ0n) is 7.22. The van der Waals surface area contributed by atoms with Crippen molar-refractivity contribution in [2.75, 3.05) is 6.26 Å². The van der Waals surface area contributed by atoms with Crippen LogP contribution in [0.5, 0.6) is 0 Å². The maximum atomic E-state index is 3.98. The fraction of sp³-hybridized carbons (Fsp3) is 0.625. The van der Waals surface area contributed by atoms with Crippen LogP contribution < -0.4 is 0 Å². The average molecular weight is 170 g/mol. The minimum Gasteiger partial charge on any atom is -0.348 e. The lowest BCUT2D eigenvalue weighted by molar-refractivity contribution is 0.698. The Hall–Kier alpha value is -0.440. The molecule has 2 nitrogen and oxygen atoms in total. The quantitative estimate of drug-likeness (QED) is 0.752. The van der Waals surface area contributed by atoms with Crippen LogP contribution in [0.25, 0.3) is 0 Å². The van der Waals surface area contributed by atoms with Gasteiger partial charge in [0, 0.05) is 23.1 Å². The van der Waals surface area contributed by atoms with E-state index >= 15 is 0 Å². The minimum atomic E-state index is 0.312. The maximum Gasteiger partial charge on any atom is 0.0921 e. The van der Waals surface area contributed by atoms with Gasteiger partial charge in [0.05, 0.1) is 6.33 Å². The van der Waals surface area contributed by atoms with Crippen LogP contribution in [-0.2, 0) is 6.42 Å². The van der Waals surface area contributed by atoms with Gasteiger partial charge in [-0.3, -0.25) is 0 Å². The topological polar surface area (TPSA) is 28.7 Å². The fourth-order valence-corrected chi connectivity index (χ4v) is 1.21. The third-order valence-corrected chi connectivity index (χ3v) is 2.97. The zero-order chi connectivity index (χ0) is 8.32. The van der Waals surface area contributed by atoms with Gasteiger partial charge in [0.25, 0.3) is 0 Å². The lowest BCUT2D eigenvalue weighted by atomic mass is 10.1. The Balaban J connectivity index is 2.56. The molecular formula is C8H14N2S. The minimum absolute atomic E-state index is 0.312. The summed E-state index contributed by atoms with van der Waals surface area (Å²) in [6.07, 6.45) is 6.80. The summed E-state index contributed by atoms with van der Waals surface area (Å²) >= 11 is 1.88. The van der Waals surface area contributed by atoms with E-state index in [1.54, 1.807) is 6.33 Å². The van der Waals surface area contributed by atoms with Crippen molar-refractivity contribution in [1.82, 2.24) is 9.97 Å². The van der Waals surface area contributed by atoms with Crippen LogP contribution in [0.2, 0.25) is 0 Å². The fourth-order valence-electron chi connectivity index (χ4n) is 0.912. The molecule has 0 aliphatic carbocycles. The number of nitrogens with zero attached hydrogens (tertiary/aromatic N) is 1. The van der Waals surface area contributed by atoms with E-state index in [1.807, 2.05) is 18.0 Å². The van der Waals surface area contributed by atoms with Crippen molar-refractivity contribution in [3.05, 3.63) is 18.2 Å². The number of thioether (sulfide) groups is 1. The molecule has 0 aliphatic heterocycles. The molecule has 11 heavy (non-hydrogen) atoms. The molecule has 0 aromatic carbocycles. The molecule has 62 valence electrons. The van der Waals surface area contributed by atoms with Crippen LogP contribution >= 0.6 is 11.8 Å². The summed E-state index contributed by atoms with van der Waals surface area (Å²) in [7, 11) is 0. The molecule has 1 rings (SSSR count). The van der Waals surface area contributed by atoms with E-state index in [9.17, 15) is 0 Å². The number of aromatic nitrogens is 2. The third kappa shape index (κ3) is 2.58. The van der Waals surface area contributed by atoms with Crippen LogP contribution in [0.1, 0.15) is 19.5 Å². The highest BCUT2D eigenvalue weighted by molar-refractivity contribution is 7.99. The second kappa shape index (κ2) is 3.30. The molecule has 1 aromatic heterocycles. The Morgan fingerprint density at radius 3 is 2.82 bits per heavy atom. The van der Waals surface area contributed by atoms with Crippen molar-refractivity contribution >= 4 is 11.8 Å². The number of imidazole rings is 1. The first-order valence-corrected chi connectivity index (χ1v) is 4.89. The summed E-state index contributed by atoms with van der Waals surface area (Å²) in [4.78, 5) is 7.08. The molecule has 3 heteroatoms. The maximum absolute atomic E-state index is 3.98. The predicted molar refractivity (Wildman–Crippen MR) is 49.9 cm³/mol. The number of aromatic amines is 1. The summed E-state index contributed by atoms with van der Waals surface area (Å²) in [5, 5.41) is 0. The largest absolute Gasteiger partial charge is 0.348 e. The van der Waals surface area contributed by atoms with Gasteiger partial charge in [-0.25, -0.2) is 4.98 Å². The second-order valence-electron chi connectivity index (χ2n) is 3.22. The van der Waals surface area contributed by atoms with Gasteiger partial charge in [-0.05, 0) is 6.26 Å². The van der Waals surface area contributed by atoms with Crippen LogP contribution in [0.4, 0.5) is 0 Å². The molecule has 1 heterocycles. The third-order valence-electron chi connectivity index (χ3n) is 1.72. The monoisotopic (exact) mass is 170 g/mol. The van der Waals surface area contributed by atoms with Crippen molar-refractivity contribution < 1.29 is 0 Å². The molecule has 0 aliphatic rings. The lowest BCUT2D eigenvalue weighted by Crippen LogP contribution is -2.17. The van der Waals surface area contributed by atoms with Gasteiger partial charge in [-0.2, -0.15) is 11.8 Å². The first-order valence-electron chi connectivity index (χ1n) is 3.66. The molecule has 0 bridgehead atoms. The summed E-state index contributed by atoms with van der Waals surface area (Å²) in [5.74, 6) is 0. The Morgan fingerprint density at radius 1 is 1.64 bits per heavy atom. The molecule has 1 N–H and O–H groups in total. The van der Waals surface area contributed by atoms with E-state index in [-0.39, 0.29) is 0 Å². The number of hydrogen-bond acceptors (Lipinski definition) is 2. The summed E-state index contributed by atoms with van der Waals surface area (Å²) in [5.41, 5.74) is 1.21. The van der Waals surface area contributed by atoms with Gasteiger partial charge in [0.2, 0.25) is 0 Å². The molecular weight excluding hydrogens is 156 g/mol. The molecule has 0 amide bonds. The summed E-state index contributed by atoms with van der Waals surface area (Å²) in [6, 6.07) is 0. The smallest absolute Gasteiger partial charge is 0.0921 e. The average Bonchev–Trinajstić information content (AvgIpc) is 2.39. The first-order chi connectivity index (χ1) is 5.14. The van der Waals surface area contributed by atoms with Gasteiger partial charge in [0.15, 0.2) is 0 Å². The predicted octanol–water partition coefficient (Wildman–Crippen LogP) is 2.09. The standard InChI is InChI=1S/C8H14N2S/c1-8(2,11-3)4-7-5-9-6-10-7/h5-6H,4H2,1-3H3,(H,9,10). The van der Waals surface area contributed by atoms with Crippen molar-refractivity contribution in [2.45, 2.75) is 25.0 Å². The summed E-state index contributed by atoms with van der Waals surface area (Å²) in [6.45, 7) is 4.47. The van der Waals surface area contributed by atoms with Gasteiger partial charge >= 0.3 is 0 Å². The normalized spacial score (nSPS) is 11.9. The number of H-pyrrole nitrogens is 1. The SMILES string of the molecule is CSC(C)(C)Cc1cnc[nH]1.